The molecule has 1 fully saturated rings. The number of H-pyrrole nitrogens is 1. The number of aliphatic hydroxyl groups excluding tert-OH is 1. The molecule has 1 aliphatic rings. The van der Waals surface area contributed by atoms with Gasteiger partial charge in [-0.05, 0) is 24.5 Å². The minimum Gasteiger partial charge on any atom is -0.392 e. The van der Waals surface area contributed by atoms with Gasteiger partial charge in [-0.25, -0.2) is 13.2 Å². The summed E-state index contributed by atoms with van der Waals surface area (Å²) >= 11 is 0. The van der Waals surface area contributed by atoms with Crippen LogP contribution in [0.15, 0.2) is 12.3 Å². The number of benzene rings is 1. The predicted octanol–water partition coefficient (Wildman–Crippen LogP) is 2.19. The monoisotopic (exact) mass is 284 g/mol. The second-order valence-electron chi connectivity index (χ2n) is 5.22. The lowest BCUT2D eigenvalue weighted by Crippen LogP contribution is -2.24. The van der Waals surface area contributed by atoms with Gasteiger partial charge in [-0.3, -0.25) is 0 Å². The predicted molar refractivity (Wildman–Crippen MR) is 68.9 cm³/mol. The molecule has 1 aromatic carbocycles. The van der Waals surface area contributed by atoms with E-state index in [1.165, 1.54) is 0 Å². The number of likely N-dealkylation sites (tertiary alicyclic amines) is 1. The Kier molecular flexibility index (Phi) is 3.43. The molecule has 3 nitrogen and oxygen atoms in total. The van der Waals surface area contributed by atoms with Crippen LogP contribution in [-0.2, 0) is 6.42 Å². The van der Waals surface area contributed by atoms with Crippen molar-refractivity contribution in [2.45, 2.75) is 18.9 Å². The van der Waals surface area contributed by atoms with Crippen LogP contribution in [0.1, 0.15) is 12.0 Å². The van der Waals surface area contributed by atoms with E-state index >= 15 is 0 Å². The highest BCUT2D eigenvalue weighted by molar-refractivity contribution is 5.84. The molecule has 2 N–H and O–H groups in total. The number of halogens is 3. The third-order valence-corrected chi connectivity index (χ3v) is 3.84. The van der Waals surface area contributed by atoms with Crippen molar-refractivity contribution in [1.29, 1.82) is 0 Å². The van der Waals surface area contributed by atoms with Gasteiger partial charge in [-0.1, -0.05) is 0 Å². The van der Waals surface area contributed by atoms with Gasteiger partial charge in [0.1, 0.15) is 0 Å². The number of aromatic nitrogens is 1. The van der Waals surface area contributed by atoms with Gasteiger partial charge in [-0.2, -0.15) is 0 Å². The number of nitrogens with zero attached hydrogens (tertiary/aromatic N) is 1. The Bertz CT molecular complexity index is 641. The fraction of sp³-hybridized carbons (Fsp3) is 0.429. The molecule has 1 unspecified atom stereocenters. The highest BCUT2D eigenvalue weighted by Crippen LogP contribution is 2.25. The fourth-order valence-electron chi connectivity index (χ4n) is 2.73. The van der Waals surface area contributed by atoms with E-state index in [2.05, 4.69) is 9.88 Å². The van der Waals surface area contributed by atoms with E-state index in [0.717, 1.165) is 24.6 Å². The van der Waals surface area contributed by atoms with Crippen LogP contribution in [0.25, 0.3) is 10.9 Å². The number of fused-ring (bicyclic) bond motifs is 1. The van der Waals surface area contributed by atoms with E-state index in [1.807, 2.05) is 0 Å². The first-order chi connectivity index (χ1) is 9.56. The van der Waals surface area contributed by atoms with Crippen molar-refractivity contribution < 1.29 is 18.3 Å². The maximum Gasteiger partial charge on any atom is 0.196 e. The van der Waals surface area contributed by atoms with E-state index in [1.54, 1.807) is 6.20 Å². The van der Waals surface area contributed by atoms with Crippen LogP contribution in [0.5, 0.6) is 0 Å². The van der Waals surface area contributed by atoms with Crippen molar-refractivity contribution >= 4 is 10.9 Å². The summed E-state index contributed by atoms with van der Waals surface area (Å²) in [5, 5.41) is 9.82. The first-order valence-corrected chi connectivity index (χ1v) is 6.60. The SMILES string of the molecule is OC1CCN(CCc2c[nH]c3c(F)c(F)c(F)cc23)C1. The molecule has 1 aliphatic heterocycles. The van der Waals surface area contributed by atoms with E-state index in [-0.39, 0.29) is 11.6 Å². The summed E-state index contributed by atoms with van der Waals surface area (Å²) in [4.78, 5) is 4.76. The molecular weight excluding hydrogens is 269 g/mol. The van der Waals surface area contributed by atoms with Gasteiger partial charge in [0, 0.05) is 31.2 Å². The van der Waals surface area contributed by atoms with Crippen LogP contribution < -0.4 is 0 Å². The Morgan fingerprint density at radius 2 is 2.10 bits per heavy atom. The van der Waals surface area contributed by atoms with Gasteiger partial charge in [-0.15, -0.1) is 0 Å². The van der Waals surface area contributed by atoms with Gasteiger partial charge < -0.3 is 15.0 Å². The number of nitrogens with one attached hydrogen (secondary N) is 1. The van der Waals surface area contributed by atoms with Crippen LogP contribution in [0.4, 0.5) is 13.2 Å². The maximum atomic E-state index is 13.6. The Hall–Kier alpha value is -1.53. The van der Waals surface area contributed by atoms with Gasteiger partial charge in [0.15, 0.2) is 17.5 Å². The quantitative estimate of drug-likeness (QED) is 0.848. The molecule has 6 heteroatoms. The van der Waals surface area contributed by atoms with Gasteiger partial charge >= 0.3 is 0 Å². The first-order valence-electron chi connectivity index (χ1n) is 6.60. The zero-order chi connectivity index (χ0) is 14.3. The lowest BCUT2D eigenvalue weighted by molar-refractivity contribution is 0.177. The van der Waals surface area contributed by atoms with Crippen molar-refractivity contribution in [3.63, 3.8) is 0 Å². The third-order valence-electron chi connectivity index (χ3n) is 3.84. The number of β-amino-alcohol motifs (C(OH)–C–C–N with tert-alkyl or cyclic N) is 1. The Balaban J connectivity index is 1.82. The largest absolute Gasteiger partial charge is 0.392 e. The van der Waals surface area contributed by atoms with E-state index < -0.39 is 17.5 Å². The standard InChI is InChI=1S/C14H15F3N2O/c15-11-5-10-8(1-3-19-4-2-9(20)7-19)6-18-14(10)13(17)12(11)16/h5-6,9,18,20H,1-4,7H2. The summed E-state index contributed by atoms with van der Waals surface area (Å²) < 4.78 is 40.0. The Labute approximate surface area is 114 Å². The minimum absolute atomic E-state index is 0.000330. The van der Waals surface area contributed by atoms with Gasteiger partial charge in [0.25, 0.3) is 0 Å². The molecule has 1 atom stereocenters. The molecule has 2 heterocycles. The molecule has 108 valence electrons. The summed E-state index contributed by atoms with van der Waals surface area (Å²) in [5.41, 5.74) is 0.750. The minimum atomic E-state index is -1.45. The smallest absolute Gasteiger partial charge is 0.196 e. The highest BCUT2D eigenvalue weighted by Gasteiger charge is 2.21. The number of hydrogen-bond acceptors (Lipinski definition) is 2. The molecule has 0 bridgehead atoms. The molecule has 0 aliphatic carbocycles. The summed E-state index contributed by atoms with van der Waals surface area (Å²) in [6.07, 6.45) is 2.64. The molecule has 0 amide bonds. The van der Waals surface area contributed by atoms with Crippen LogP contribution in [0.2, 0.25) is 0 Å². The molecule has 1 saturated heterocycles. The third kappa shape index (κ3) is 2.29. The van der Waals surface area contributed by atoms with Gasteiger partial charge in [0.05, 0.1) is 11.6 Å². The molecule has 0 saturated carbocycles. The topological polar surface area (TPSA) is 39.3 Å². The maximum absolute atomic E-state index is 13.6. The normalized spacial score (nSPS) is 20.1. The van der Waals surface area contributed by atoms with Crippen LogP contribution in [0.3, 0.4) is 0 Å². The zero-order valence-corrected chi connectivity index (χ0v) is 10.8. The molecule has 0 radical (unpaired) electrons. The summed E-state index contributed by atoms with van der Waals surface area (Å²) in [5.74, 6) is -3.80. The number of aromatic amines is 1. The van der Waals surface area contributed by atoms with E-state index in [0.29, 0.717) is 24.9 Å². The lowest BCUT2D eigenvalue weighted by atomic mass is 10.1. The fourth-order valence-corrected chi connectivity index (χ4v) is 2.73. The molecule has 3 rings (SSSR count). The number of hydrogen-bond donors (Lipinski definition) is 2. The van der Waals surface area contributed by atoms with Crippen LogP contribution in [0, 0.1) is 17.5 Å². The van der Waals surface area contributed by atoms with Crippen LogP contribution in [-0.4, -0.2) is 40.7 Å². The average molecular weight is 284 g/mol. The van der Waals surface area contributed by atoms with Gasteiger partial charge in [0.2, 0.25) is 0 Å². The second kappa shape index (κ2) is 5.10. The Morgan fingerprint density at radius 1 is 1.30 bits per heavy atom. The van der Waals surface area contributed by atoms with Crippen molar-refractivity contribution in [3.05, 3.63) is 35.3 Å². The van der Waals surface area contributed by atoms with E-state index in [9.17, 15) is 18.3 Å². The van der Waals surface area contributed by atoms with Crippen molar-refractivity contribution in [1.82, 2.24) is 9.88 Å². The molecule has 20 heavy (non-hydrogen) atoms. The number of aliphatic hydroxyl groups is 1. The lowest BCUT2D eigenvalue weighted by Gasteiger charge is -2.14. The summed E-state index contributed by atoms with van der Waals surface area (Å²) in [6, 6.07) is 1.03. The van der Waals surface area contributed by atoms with Crippen molar-refractivity contribution in [3.8, 4) is 0 Å². The summed E-state index contributed by atoms with van der Waals surface area (Å²) in [7, 11) is 0. The Morgan fingerprint density at radius 3 is 2.80 bits per heavy atom. The highest BCUT2D eigenvalue weighted by atomic mass is 19.2. The van der Waals surface area contributed by atoms with E-state index in [4.69, 9.17) is 0 Å². The average Bonchev–Trinajstić information content (AvgIpc) is 3.00. The first kappa shape index (κ1) is 13.5. The van der Waals surface area contributed by atoms with Crippen LogP contribution >= 0.6 is 0 Å². The van der Waals surface area contributed by atoms with Crippen molar-refractivity contribution in [2.75, 3.05) is 19.6 Å². The molecular formula is C14H15F3N2O. The summed E-state index contributed by atoms with van der Waals surface area (Å²) in [6.45, 7) is 2.14. The molecule has 0 spiro atoms. The van der Waals surface area contributed by atoms with Crippen molar-refractivity contribution in [2.24, 2.45) is 0 Å². The molecule has 2 aromatic rings. The zero-order valence-electron chi connectivity index (χ0n) is 10.8. The molecule has 1 aromatic heterocycles. The second-order valence-corrected chi connectivity index (χ2v) is 5.22. The number of rotatable bonds is 3.